The third-order valence-electron chi connectivity index (χ3n) is 10.6. The first kappa shape index (κ1) is 30.7. The van der Waals surface area contributed by atoms with Gasteiger partial charge in [0.25, 0.3) is 0 Å². The molecule has 0 aromatic heterocycles. The smallest absolute Gasteiger partial charge is 0.369 e. The average molecular weight is 453 g/mol. The predicted molar refractivity (Wildman–Crippen MR) is 132 cm³/mol. The molecule has 174 valence electrons. The first-order valence-electron chi connectivity index (χ1n) is 13.1. The Morgan fingerprint density at radius 1 is 0.433 bits per heavy atom. The van der Waals surface area contributed by atoms with Crippen molar-refractivity contribution in [2.24, 2.45) is 71.0 Å². The van der Waals surface area contributed by atoms with Crippen LogP contribution >= 0.6 is 0 Å². The van der Waals surface area contributed by atoms with Crippen LogP contribution in [-0.2, 0) is 21.7 Å². The van der Waals surface area contributed by atoms with E-state index in [1.807, 2.05) is 0 Å². The van der Waals surface area contributed by atoms with Crippen molar-refractivity contribution in [1.29, 1.82) is 0 Å². The van der Waals surface area contributed by atoms with Gasteiger partial charge in [0, 0.05) is 0 Å². The molecule has 0 spiro atoms. The van der Waals surface area contributed by atoms with Gasteiger partial charge >= 0.3 is 21.7 Å². The molecule has 0 aromatic rings. The summed E-state index contributed by atoms with van der Waals surface area (Å²) in [5, 5.41) is 0. The molecule has 3 aliphatic carbocycles. The van der Waals surface area contributed by atoms with Gasteiger partial charge in [-0.2, -0.15) is 0 Å². The van der Waals surface area contributed by atoms with Gasteiger partial charge in [-0.3, -0.25) is 0 Å². The monoisotopic (exact) mass is 452 g/mol. The fourth-order valence-corrected chi connectivity index (χ4v) is 6.39. The molecule has 3 fully saturated rings. The van der Waals surface area contributed by atoms with Gasteiger partial charge in [0.05, 0.1) is 0 Å². The molecule has 0 aliphatic heterocycles. The third-order valence-corrected chi connectivity index (χ3v) is 10.6. The first-order chi connectivity index (χ1) is 13.4. The first-order valence-corrected chi connectivity index (χ1v) is 13.1. The standard InChI is InChI=1S/2C10H20.C9H16.Ti/c2*1-6-7(2)9(4)10(5)8(6)3;1-8(2)9-6-4-3-5-7-9;/h2*6-10H,1-5H3;8-9H,1-7H2;/q;;-2;+4. The minimum atomic E-state index is 0. The van der Waals surface area contributed by atoms with Gasteiger partial charge in [-0.1, -0.05) is 107 Å². The van der Waals surface area contributed by atoms with E-state index in [0.29, 0.717) is 5.92 Å². The van der Waals surface area contributed by atoms with E-state index >= 15 is 0 Å². The summed E-state index contributed by atoms with van der Waals surface area (Å²) in [6.07, 6.45) is 7.00. The SMILES string of the molecule is CC1C(C)C(C)C(C)C1C.CC1C(C)C(C)C(C)C1C.[CH2-]C([CH2-])C1CCCCC1.[Ti+4]. The Kier molecular flexibility index (Phi) is 14.4. The summed E-state index contributed by atoms with van der Waals surface area (Å²) in [5.74, 6) is 10.6. The van der Waals surface area contributed by atoms with E-state index in [2.05, 4.69) is 83.1 Å². The van der Waals surface area contributed by atoms with Crippen molar-refractivity contribution >= 4 is 0 Å². The van der Waals surface area contributed by atoms with Crippen LogP contribution in [-0.4, -0.2) is 0 Å². The molecule has 30 heavy (non-hydrogen) atoms. The summed E-state index contributed by atoms with van der Waals surface area (Å²) in [5.41, 5.74) is 0. The number of rotatable bonds is 1. The molecule has 0 bridgehead atoms. The van der Waals surface area contributed by atoms with Crippen molar-refractivity contribution in [3.05, 3.63) is 13.8 Å². The third kappa shape index (κ3) is 7.94. The summed E-state index contributed by atoms with van der Waals surface area (Å²) in [6.45, 7) is 31.9. The molecule has 0 aromatic carbocycles. The van der Waals surface area contributed by atoms with Gasteiger partial charge in [-0.15, -0.1) is 0 Å². The molecule has 0 unspecified atom stereocenters. The van der Waals surface area contributed by atoms with Gasteiger partial charge in [0.2, 0.25) is 0 Å². The fourth-order valence-electron chi connectivity index (χ4n) is 6.39. The molecule has 0 radical (unpaired) electrons. The summed E-state index contributed by atoms with van der Waals surface area (Å²) in [4.78, 5) is 0. The van der Waals surface area contributed by atoms with Crippen molar-refractivity contribution in [2.45, 2.75) is 101 Å². The molecule has 3 rings (SSSR count). The predicted octanol–water partition coefficient (Wildman–Crippen LogP) is 9.21. The Hall–Kier alpha value is 0.714. The maximum Gasteiger partial charge on any atom is 4.00 e. The zero-order valence-electron chi connectivity index (χ0n) is 22.4. The minimum absolute atomic E-state index is 0. The van der Waals surface area contributed by atoms with E-state index in [-0.39, 0.29) is 21.7 Å². The van der Waals surface area contributed by atoms with Gasteiger partial charge in [0.1, 0.15) is 0 Å². The molecule has 0 nitrogen and oxygen atoms in total. The van der Waals surface area contributed by atoms with E-state index in [9.17, 15) is 0 Å². The van der Waals surface area contributed by atoms with Gasteiger partial charge in [0.15, 0.2) is 0 Å². The van der Waals surface area contributed by atoms with Gasteiger partial charge in [-0.25, -0.2) is 0 Å². The van der Waals surface area contributed by atoms with Crippen LogP contribution < -0.4 is 0 Å². The van der Waals surface area contributed by atoms with Gasteiger partial charge < -0.3 is 19.8 Å². The summed E-state index contributed by atoms with van der Waals surface area (Å²) >= 11 is 0. The summed E-state index contributed by atoms with van der Waals surface area (Å²) in [6, 6.07) is 0. The zero-order chi connectivity index (χ0) is 22.5. The molecule has 0 N–H and O–H groups in total. The van der Waals surface area contributed by atoms with Gasteiger partial charge in [-0.05, 0) is 59.2 Å². The van der Waals surface area contributed by atoms with Crippen molar-refractivity contribution in [2.75, 3.05) is 0 Å². The van der Waals surface area contributed by atoms with Crippen molar-refractivity contribution < 1.29 is 21.7 Å². The summed E-state index contributed by atoms with van der Waals surface area (Å²) in [7, 11) is 0. The van der Waals surface area contributed by atoms with Crippen LogP contribution in [0.15, 0.2) is 0 Å². The quantitative estimate of drug-likeness (QED) is 0.275. The second kappa shape index (κ2) is 14.1. The van der Waals surface area contributed by atoms with Crippen LogP contribution in [0.2, 0.25) is 0 Å². The van der Waals surface area contributed by atoms with E-state index in [0.717, 1.165) is 65.1 Å². The molecule has 1 heteroatoms. The molecular formula is C29H56Ti+2. The minimum Gasteiger partial charge on any atom is -0.369 e. The largest absolute Gasteiger partial charge is 4.00 e. The van der Waals surface area contributed by atoms with E-state index < -0.39 is 0 Å². The fraction of sp³-hybridized carbons (Fsp3) is 0.931. The van der Waals surface area contributed by atoms with Crippen molar-refractivity contribution in [1.82, 2.24) is 0 Å². The summed E-state index contributed by atoms with van der Waals surface area (Å²) < 4.78 is 0. The van der Waals surface area contributed by atoms with Crippen LogP contribution in [0.5, 0.6) is 0 Å². The molecule has 3 aliphatic rings. The second-order valence-corrected chi connectivity index (χ2v) is 11.7. The Balaban J connectivity index is 0.000000414. The number of hydrogen-bond acceptors (Lipinski definition) is 0. The zero-order valence-corrected chi connectivity index (χ0v) is 23.9. The van der Waals surface area contributed by atoms with Crippen LogP contribution in [0.3, 0.4) is 0 Å². The molecule has 0 amide bonds. The maximum absolute atomic E-state index is 3.95. The van der Waals surface area contributed by atoms with Crippen LogP contribution in [0.1, 0.15) is 101 Å². The molecule has 0 saturated heterocycles. The Morgan fingerprint density at radius 3 is 0.767 bits per heavy atom. The molecule has 0 atom stereocenters. The normalized spacial score (nSPS) is 43.9. The van der Waals surface area contributed by atoms with Crippen LogP contribution in [0.4, 0.5) is 0 Å². The van der Waals surface area contributed by atoms with E-state index in [1.165, 1.54) is 32.1 Å². The van der Waals surface area contributed by atoms with Crippen molar-refractivity contribution in [3.8, 4) is 0 Å². The average Bonchev–Trinajstić information content (AvgIpc) is 2.99. The molecular weight excluding hydrogens is 396 g/mol. The molecule has 3 saturated carbocycles. The Morgan fingerprint density at radius 2 is 0.633 bits per heavy atom. The maximum atomic E-state index is 3.95. The second-order valence-electron chi connectivity index (χ2n) is 11.7. The Labute approximate surface area is 207 Å². The Bertz CT molecular complexity index is 318. The topological polar surface area (TPSA) is 0 Å². The molecule has 0 heterocycles. The van der Waals surface area contributed by atoms with E-state index in [4.69, 9.17) is 0 Å². The number of hydrogen-bond donors (Lipinski definition) is 0. The van der Waals surface area contributed by atoms with Crippen LogP contribution in [0, 0.1) is 84.9 Å². The van der Waals surface area contributed by atoms with E-state index in [1.54, 1.807) is 0 Å². The van der Waals surface area contributed by atoms with Crippen LogP contribution in [0.25, 0.3) is 0 Å². The van der Waals surface area contributed by atoms with Crippen molar-refractivity contribution in [3.63, 3.8) is 0 Å².